The van der Waals surface area contributed by atoms with Gasteiger partial charge >= 0.3 is 0 Å². The van der Waals surface area contributed by atoms with E-state index in [-0.39, 0.29) is 11.7 Å². The van der Waals surface area contributed by atoms with Crippen molar-refractivity contribution in [2.45, 2.75) is 6.04 Å². The Morgan fingerprint density at radius 2 is 1.97 bits per heavy atom. The SMILES string of the molecule is COc1cc(/C=C/C(=O)NC(c2ccc(F)cc2)c2nccn2C)cc(Cl)c1OC. The predicted molar refractivity (Wildman–Crippen MR) is 113 cm³/mol. The molecule has 1 N–H and O–H groups in total. The molecule has 1 aromatic heterocycles. The molecular formula is C22H21ClFN3O3. The summed E-state index contributed by atoms with van der Waals surface area (Å²) in [6.07, 6.45) is 6.42. The van der Waals surface area contributed by atoms with E-state index in [4.69, 9.17) is 21.1 Å². The number of hydrogen-bond donors (Lipinski definition) is 1. The zero-order chi connectivity index (χ0) is 21.7. The van der Waals surface area contributed by atoms with Crippen molar-refractivity contribution in [1.82, 2.24) is 14.9 Å². The van der Waals surface area contributed by atoms with Crippen LogP contribution in [0.25, 0.3) is 6.08 Å². The van der Waals surface area contributed by atoms with E-state index < -0.39 is 6.04 Å². The van der Waals surface area contributed by atoms with Crippen LogP contribution in [0.15, 0.2) is 54.9 Å². The summed E-state index contributed by atoms with van der Waals surface area (Å²) in [5.74, 6) is 0.804. The minimum absolute atomic E-state index is 0.349. The highest BCUT2D eigenvalue weighted by molar-refractivity contribution is 6.32. The fourth-order valence-corrected chi connectivity index (χ4v) is 3.30. The first kappa shape index (κ1) is 21.4. The summed E-state index contributed by atoms with van der Waals surface area (Å²) in [6, 6.07) is 8.77. The molecule has 0 spiro atoms. The van der Waals surface area contributed by atoms with Crippen LogP contribution in [0.1, 0.15) is 23.0 Å². The monoisotopic (exact) mass is 429 g/mol. The Hall–Kier alpha value is -3.32. The zero-order valence-electron chi connectivity index (χ0n) is 16.7. The molecule has 3 rings (SSSR count). The van der Waals surface area contributed by atoms with Crippen LogP contribution in [0.3, 0.4) is 0 Å². The number of methoxy groups -OCH3 is 2. The lowest BCUT2D eigenvalue weighted by molar-refractivity contribution is -0.117. The topological polar surface area (TPSA) is 65.4 Å². The maximum absolute atomic E-state index is 13.3. The Labute approximate surface area is 178 Å². The van der Waals surface area contributed by atoms with Gasteiger partial charge in [-0.05, 0) is 41.5 Å². The molecule has 1 atom stereocenters. The van der Waals surface area contributed by atoms with Gasteiger partial charge in [-0.3, -0.25) is 4.79 Å². The van der Waals surface area contributed by atoms with Gasteiger partial charge in [0.2, 0.25) is 5.91 Å². The Morgan fingerprint density at radius 3 is 2.57 bits per heavy atom. The first-order valence-electron chi connectivity index (χ1n) is 9.05. The molecule has 1 heterocycles. The van der Waals surface area contributed by atoms with Crippen LogP contribution < -0.4 is 14.8 Å². The number of benzene rings is 2. The number of carbonyl (C=O) groups excluding carboxylic acids is 1. The Bertz CT molecular complexity index is 1060. The number of ether oxygens (including phenoxy) is 2. The maximum atomic E-state index is 13.3. The number of hydrogen-bond acceptors (Lipinski definition) is 4. The van der Waals surface area contributed by atoms with Crippen LogP contribution in [-0.4, -0.2) is 29.7 Å². The number of amides is 1. The number of imidazole rings is 1. The van der Waals surface area contributed by atoms with Gasteiger partial charge in [0.05, 0.1) is 19.2 Å². The van der Waals surface area contributed by atoms with E-state index in [1.54, 1.807) is 47.3 Å². The van der Waals surface area contributed by atoms with E-state index in [1.165, 1.54) is 32.4 Å². The van der Waals surface area contributed by atoms with Crippen LogP contribution in [0.4, 0.5) is 4.39 Å². The molecule has 0 saturated carbocycles. The molecule has 2 aromatic carbocycles. The summed E-state index contributed by atoms with van der Waals surface area (Å²) in [7, 11) is 4.83. The van der Waals surface area contributed by atoms with Crippen molar-refractivity contribution in [3.05, 3.63) is 82.7 Å². The van der Waals surface area contributed by atoms with Crippen LogP contribution >= 0.6 is 11.6 Å². The summed E-state index contributed by atoms with van der Waals surface area (Å²) < 4.78 is 25.6. The largest absolute Gasteiger partial charge is 0.493 e. The van der Waals surface area contributed by atoms with Crippen molar-refractivity contribution in [3.8, 4) is 11.5 Å². The zero-order valence-corrected chi connectivity index (χ0v) is 17.5. The number of halogens is 2. The third kappa shape index (κ3) is 4.80. The van der Waals surface area contributed by atoms with Gasteiger partial charge in [0.25, 0.3) is 0 Å². The maximum Gasteiger partial charge on any atom is 0.244 e. The van der Waals surface area contributed by atoms with Crippen LogP contribution in [-0.2, 0) is 11.8 Å². The summed E-state index contributed by atoms with van der Waals surface area (Å²) in [4.78, 5) is 17.0. The van der Waals surface area contributed by atoms with E-state index in [9.17, 15) is 9.18 Å². The smallest absolute Gasteiger partial charge is 0.244 e. The lowest BCUT2D eigenvalue weighted by Crippen LogP contribution is -2.29. The van der Waals surface area contributed by atoms with Crippen LogP contribution in [0, 0.1) is 5.82 Å². The van der Waals surface area contributed by atoms with E-state index in [1.807, 2.05) is 7.05 Å². The number of carbonyl (C=O) groups is 1. The molecule has 0 aliphatic heterocycles. The van der Waals surface area contributed by atoms with E-state index in [0.717, 1.165) is 0 Å². The van der Waals surface area contributed by atoms with Gasteiger partial charge in [-0.1, -0.05) is 23.7 Å². The molecule has 0 saturated heterocycles. The molecule has 0 fully saturated rings. The Morgan fingerprint density at radius 1 is 1.23 bits per heavy atom. The third-order valence-corrected chi connectivity index (χ3v) is 4.77. The van der Waals surface area contributed by atoms with Crippen molar-refractivity contribution in [3.63, 3.8) is 0 Å². The average Bonchev–Trinajstić information content (AvgIpc) is 3.16. The van der Waals surface area contributed by atoms with Crippen molar-refractivity contribution >= 4 is 23.6 Å². The van der Waals surface area contributed by atoms with Crippen LogP contribution in [0.5, 0.6) is 11.5 Å². The van der Waals surface area contributed by atoms with E-state index in [0.29, 0.717) is 33.5 Å². The summed E-state index contributed by atoms with van der Waals surface area (Å²) in [6.45, 7) is 0. The first-order chi connectivity index (χ1) is 14.4. The fourth-order valence-electron chi connectivity index (χ4n) is 3.00. The minimum Gasteiger partial charge on any atom is -0.493 e. The minimum atomic E-state index is -0.545. The standard InChI is InChI=1S/C22H21ClFN3O3/c1-27-11-10-25-22(27)20(15-5-7-16(24)8-6-15)26-19(28)9-4-14-12-17(23)21(30-3)18(13-14)29-2/h4-13,20H,1-3H3,(H,26,28)/b9-4+. The molecule has 1 amide bonds. The lowest BCUT2D eigenvalue weighted by atomic mass is 10.1. The lowest BCUT2D eigenvalue weighted by Gasteiger charge is -2.18. The molecule has 30 heavy (non-hydrogen) atoms. The second-order valence-electron chi connectivity index (χ2n) is 6.46. The number of aryl methyl sites for hydroxylation is 1. The number of nitrogens with zero attached hydrogens (tertiary/aromatic N) is 2. The number of rotatable bonds is 7. The van der Waals surface area contributed by atoms with Crippen molar-refractivity contribution in [2.24, 2.45) is 7.05 Å². The molecule has 0 bridgehead atoms. The van der Waals surface area contributed by atoms with Gasteiger partial charge in [0.1, 0.15) is 17.7 Å². The molecule has 1 unspecified atom stereocenters. The molecule has 3 aromatic rings. The summed E-state index contributed by atoms with van der Waals surface area (Å²) >= 11 is 6.21. The third-order valence-electron chi connectivity index (χ3n) is 4.49. The second kappa shape index (κ2) is 9.45. The summed E-state index contributed by atoms with van der Waals surface area (Å²) in [5.41, 5.74) is 1.38. The normalized spacial score (nSPS) is 12.0. The number of nitrogens with one attached hydrogen (secondary N) is 1. The average molecular weight is 430 g/mol. The van der Waals surface area contributed by atoms with Gasteiger partial charge in [0, 0.05) is 25.5 Å². The number of aromatic nitrogens is 2. The molecule has 0 aliphatic carbocycles. The molecule has 0 aliphatic rings. The molecular weight excluding hydrogens is 409 g/mol. The van der Waals surface area contributed by atoms with Gasteiger partial charge in [-0.25, -0.2) is 9.37 Å². The second-order valence-corrected chi connectivity index (χ2v) is 6.87. The van der Waals surface area contributed by atoms with Crippen LogP contribution in [0.2, 0.25) is 5.02 Å². The highest BCUT2D eigenvalue weighted by atomic mass is 35.5. The Kier molecular flexibility index (Phi) is 6.74. The summed E-state index contributed by atoms with van der Waals surface area (Å²) in [5, 5.41) is 3.28. The van der Waals surface area contributed by atoms with Crippen molar-refractivity contribution in [2.75, 3.05) is 14.2 Å². The molecule has 0 radical (unpaired) electrons. The van der Waals surface area contributed by atoms with Crippen molar-refractivity contribution < 1.29 is 18.7 Å². The van der Waals surface area contributed by atoms with Gasteiger partial charge in [0.15, 0.2) is 11.5 Å². The molecule has 8 heteroatoms. The fraction of sp³-hybridized carbons (Fsp3) is 0.182. The predicted octanol–water partition coefficient (Wildman–Crippen LogP) is 4.15. The van der Waals surface area contributed by atoms with E-state index >= 15 is 0 Å². The molecule has 6 nitrogen and oxygen atoms in total. The quantitative estimate of drug-likeness (QED) is 0.573. The van der Waals surface area contributed by atoms with Gasteiger partial charge in [-0.2, -0.15) is 0 Å². The highest BCUT2D eigenvalue weighted by Crippen LogP contribution is 2.36. The van der Waals surface area contributed by atoms with E-state index in [2.05, 4.69) is 10.3 Å². The highest BCUT2D eigenvalue weighted by Gasteiger charge is 2.20. The first-order valence-corrected chi connectivity index (χ1v) is 9.43. The Balaban J connectivity index is 1.84. The molecule has 156 valence electrons. The van der Waals surface area contributed by atoms with Crippen molar-refractivity contribution in [1.29, 1.82) is 0 Å². The van der Waals surface area contributed by atoms with Gasteiger partial charge < -0.3 is 19.4 Å². The van der Waals surface area contributed by atoms with Gasteiger partial charge in [-0.15, -0.1) is 0 Å².